The number of nitrogens with zero attached hydrogens (tertiary/aromatic N) is 4. The van der Waals surface area contributed by atoms with Crippen LogP contribution in [0.5, 0.6) is 0 Å². The van der Waals surface area contributed by atoms with Gasteiger partial charge >= 0.3 is 0 Å². The molecule has 0 atom stereocenters. The lowest BCUT2D eigenvalue weighted by atomic mass is 10.1. The maximum atomic E-state index is 13.3. The fraction of sp³-hybridized carbons (Fsp3) is 0.185. The molecule has 0 saturated carbocycles. The normalized spacial score (nSPS) is 16.0. The molecule has 8 heteroatoms. The van der Waals surface area contributed by atoms with Crippen LogP contribution in [0.1, 0.15) is 33.9 Å². The molecule has 0 aliphatic carbocycles. The van der Waals surface area contributed by atoms with Gasteiger partial charge in [-0.05, 0) is 87.8 Å². The summed E-state index contributed by atoms with van der Waals surface area (Å²) in [6, 6.07) is 15.3. The third-order valence-corrected chi connectivity index (χ3v) is 6.97. The fourth-order valence-corrected chi connectivity index (χ4v) is 5.19. The minimum Gasteiger partial charge on any atom is -0.300 e. The Bertz CT molecular complexity index is 1640. The van der Waals surface area contributed by atoms with Crippen LogP contribution < -0.4 is 10.9 Å². The molecule has 176 valence electrons. The number of amides is 1. The van der Waals surface area contributed by atoms with E-state index in [1.54, 1.807) is 10.7 Å². The summed E-state index contributed by atoms with van der Waals surface area (Å²) in [5.41, 5.74) is 6.15. The Morgan fingerprint density at radius 2 is 1.74 bits per heavy atom. The summed E-state index contributed by atoms with van der Waals surface area (Å²) in [4.78, 5) is 35.8. The van der Waals surface area contributed by atoms with Crippen LogP contribution in [0.3, 0.4) is 0 Å². The second kappa shape index (κ2) is 8.70. The van der Waals surface area contributed by atoms with E-state index in [4.69, 9.17) is 0 Å². The molecule has 1 aliphatic rings. The Kier molecular flexibility index (Phi) is 5.68. The lowest BCUT2D eigenvalue weighted by molar-refractivity contribution is -0.115. The van der Waals surface area contributed by atoms with Gasteiger partial charge in [-0.3, -0.25) is 14.3 Å². The van der Waals surface area contributed by atoms with E-state index in [9.17, 15) is 9.59 Å². The highest BCUT2D eigenvalue weighted by atomic mass is 32.2. The van der Waals surface area contributed by atoms with Gasteiger partial charge in [0, 0.05) is 11.4 Å². The summed E-state index contributed by atoms with van der Waals surface area (Å²) in [5, 5.41) is 3.97. The highest BCUT2D eigenvalue weighted by molar-refractivity contribution is 8.18. The minimum absolute atomic E-state index is 0.134. The molecule has 1 saturated heterocycles. The molecule has 7 nitrogen and oxygen atoms in total. The van der Waals surface area contributed by atoms with Crippen molar-refractivity contribution in [2.75, 3.05) is 0 Å². The van der Waals surface area contributed by atoms with Crippen LogP contribution in [0.15, 0.2) is 63.2 Å². The standard InChI is InChI=1S/C27H25N5O2S/c1-15-10-11-22(16(2)12-15)29-27-30-25(33)24(35-27)14-20-13-17(3)31(18(20)4)32-19(5)28-23-9-7-6-8-21(23)26(32)34/h6-14H,1-5H3,(H,29,30,33). The second-order valence-electron chi connectivity index (χ2n) is 8.70. The summed E-state index contributed by atoms with van der Waals surface area (Å²) >= 11 is 1.31. The first kappa shape index (κ1) is 22.9. The zero-order valence-corrected chi connectivity index (χ0v) is 21.0. The predicted octanol–water partition coefficient (Wildman–Crippen LogP) is 4.94. The van der Waals surface area contributed by atoms with Crippen LogP contribution in [0.4, 0.5) is 5.69 Å². The van der Waals surface area contributed by atoms with Gasteiger partial charge in [0.05, 0.1) is 21.5 Å². The van der Waals surface area contributed by atoms with Gasteiger partial charge in [0.25, 0.3) is 11.5 Å². The number of carbonyl (C=O) groups is 1. The van der Waals surface area contributed by atoms with Crippen molar-refractivity contribution in [1.29, 1.82) is 0 Å². The number of aliphatic imine (C=N–C) groups is 1. The van der Waals surface area contributed by atoms with Crippen molar-refractivity contribution in [3.8, 4) is 0 Å². The number of para-hydroxylation sites is 1. The summed E-state index contributed by atoms with van der Waals surface area (Å²) in [7, 11) is 0. The number of fused-ring (bicyclic) bond motifs is 1. The average Bonchev–Trinajstić information content (AvgIpc) is 3.29. The van der Waals surface area contributed by atoms with Crippen LogP contribution in [0.2, 0.25) is 0 Å². The number of hydrogen-bond donors (Lipinski definition) is 1. The van der Waals surface area contributed by atoms with Gasteiger partial charge in [-0.25, -0.2) is 9.98 Å². The number of hydrogen-bond acceptors (Lipinski definition) is 5. The maximum absolute atomic E-state index is 13.3. The van der Waals surface area contributed by atoms with Crippen molar-refractivity contribution >= 4 is 45.5 Å². The number of carbonyl (C=O) groups excluding carboxylic acids is 1. The van der Waals surface area contributed by atoms with E-state index in [2.05, 4.69) is 21.4 Å². The first-order valence-electron chi connectivity index (χ1n) is 11.3. The number of thioether (sulfide) groups is 1. The van der Waals surface area contributed by atoms with Gasteiger partial charge in [0.1, 0.15) is 5.82 Å². The summed E-state index contributed by atoms with van der Waals surface area (Å²) in [6.07, 6.45) is 1.85. The largest absolute Gasteiger partial charge is 0.300 e. The van der Waals surface area contributed by atoms with Crippen LogP contribution in [-0.2, 0) is 4.79 Å². The lowest BCUT2D eigenvalue weighted by Gasteiger charge is -2.16. The second-order valence-corrected chi connectivity index (χ2v) is 9.73. The molecular weight excluding hydrogens is 458 g/mol. The zero-order chi connectivity index (χ0) is 24.9. The van der Waals surface area contributed by atoms with Crippen molar-refractivity contribution in [3.05, 3.63) is 97.7 Å². The molecule has 0 unspecified atom stereocenters. The first-order chi connectivity index (χ1) is 16.7. The molecule has 0 bridgehead atoms. The molecule has 2 aromatic heterocycles. The SMILES string of the molecule is Cc1ccc(N=C2NC(=O)C(=Cc3cc(C)n(-n4c(C)nc5ccccc5c4=O)c3C)S2)c(C)c1. The molecule has 0 radical (unpaired) electrons. The van der Waals surface area contributed by atoms with Crippen molar-refractivity contribution in [2.45, 2.75) is 34.6 Å². The molecule has 4 aromatic rings. The van der Waals surface area contributed by atoms with E-state index in [0.717, 1.165) is 28.2 Å². The lowest BCUT2D eigenvalue weighted by Crippen LogP contribution is -2.30. The molecule has 0 spiro atoms. The Labute approximate surface area is 207 Å². The zero-order valence-electron chi connectivity index (χ0n) is 20.2. The topological polar surface area (TPSA) is 81.3 Å². The third-order valence-electron chi connectivity index (χ3n) is 6.06. The summed E-state index contributed by atoms with van der Waals surface area (Å²) in [5.74, 6) is 0.398. The quantitative estimate of drug-likeness (QED) is 0.419. The molecule has 3 heterocycles. The van der Waals surface area contributed by atoms with Crippen LogP contribution in [-0.4, -0.2) is 25.4 Å². The molecule has 1 aliphatic heterocycles. The van der Waals surface area contributed by atoms with Gasteiger partial charge in [0.2, 0.25) is 0 Å². The predicted molar refractivity (Wildman–Crippen MR) is 142 cm³/mol. The maximum Gasteiger partial charge on any atom is 0.280 e. The van der Waals surface area contributed by atoms with Crippen molar-refractivity contribution < 1.29 is 4.79 Å². The van der Waals surface area contributed by atoms with Gasteiger partial charge in [-0.1, -0.05) is 29.8 Å². The Hall–Kier alpha value is -3.91. The van der Waals surface area contributed by atoms with E-state index in [1.807, 2.05) is 81.8 Å². The summed E-state index contributed by atoms with van der Waals surface area (Å²) in [6.45, 7) is 9.73. The Balaban J connectivity index is 1.53. The highest BCUT2D eigenvalue weighted by Gasteiger charge is 2.25. The third kappa shape index (κ3) is 4.10. The van der Waals surface area contributed by atoms with Crippen molar-refractivity contribution in [1.82, 2.24) is 19.7 Å². The molecule has 5 rings (SSSR count). The monoisotopic (exact) mass is 483 g/mol. The van der Waals surface area contributed by atoms with Gasteiger partial charge in [-0.2, -0.15) is 4.68 Å². The fourth-order valence-electron chi connectivity index (χ4n) is 4.36. The number of aryl methyl sites for hydroxylation is 4. The molecular formula is C27H25N5O2S. The molecule has 1 N–H and O–H groups in total. The number of aromatic nitrogens is 3. The van der Waals surface area contributed by atoms with E-state index >= 15 is 0 Å². The number of amidine groups is 1. The van der Waals surface area contributed by atoms with E-state index < -0.39 is 0 Å². The van der Waals surface area contributed by atoms with Gasteiger partial charge < -0.3 is 5.32 Å². The van der Waals surface area contributed by atoms with Crippen LogP contribution in [0, 0.1) is 34.6 Å². The van der Waals surface area contributed by atoms with Crippen molar-refractivity contribution in [2.24, 2.45) is 4.99 Å². The smallest absolute Gasteiger partial charge is 0.280 e. The molecule has 35 heavy (non-hydrogen) atoms. The molecule has 2 aromatic carbocycles. The van der Waals surface area contributed by atoms with E-state index in [-0.39, 0.29) is 11.5 Å². The number of nitrogens with one attached hydrogen (secondary N) is 1. The van der Waals surface area contributed by atoms with E-state index in [0.29, 0.717) is 26.8 Å². The van der Waals surface area contributed by atoms with Gasteiger partial charge in [0.15, 0.2) is 5.17 Å². The van der Waals surface area contributed by atoms with E-state index in [1.165, 1.54) is 17.3 Å². The van der Waals surface area contributed by atoms with Crippen molar-refractivity contribution in [3.63, 3.8) is 0 Å². The minimum atomic E-state index is -0.191. The highest BCUT2D eigenvalue weighted by Crippen LogP contribution is 2.30. The number of benzene rings is 2. The van der Waals surface area contributed by atoms with Gasteiger partial charge in [-0.15, -0.1) is 0 Å². The first-order valence-corrected chi connectivity index (χ1v) is 12.1. The van der Waals surface area contributed by atoms with Crippen LogP contribution in [0.25, 0.3) is 17.0 Å². The Morgan fingerprint density at radius 1 is 0.971 bits per heavy atom. The summed E-state index contributed by atoms with van der Waals surface area (Å²) < 4.78 is 3.44. The Morgan fingerprint density at radius 3 is 2.51 bits per heavy atom. The molecule has 1 fully saturated rings. The molecule has 1 amide bonds. The average molecular weight is 484 g/mol. The number of rotatable bonds is 3. The van der Waals surface area contributed by atoms with Crippen LogP contribution >= 0.6 is 11.8 Å².